The van der Waals surface area contributed by atoms with Crippen molar-refractivity contribution in [1.82, 2.24) is 5.32 Å². The zero-order valence-corrected chi connectivity index (χ0v) is 12.8. The van der Waals surface area contributed by atoms with Gasteiger partial charge in [0.25, 0.3) is 5.91 Å². The molecule has 21 heavy (non-hydrogen) atoms. The van der Waals surface area contributed by atoms with E-state index in [1.807, 2.05) is 39.0 Å². The number of carbonyl (C=O) groups is 2. The monoisotopic (exact) mass is 293 g/mol. The normalized spacial score (nSPS) is 11.8. The fourth-order valence-electron chi connectivity index (χ4n) is 1.98. The molecule has 0 radical (unpaired) electrons. The van der Waals surface area contributed by atoms with E-state index < -0.39 is 5.97 Å². The lowest BCUT2D eigenvalue weighted by Crippen LogP contribution is -2.32. The second-order valence-corrected chi connectivity index (χ2v) is 5.45. The molecule has 0 bridgehead atoms. The average Bonchev–Trinajstić information content (AvgIpc) is 2.39. The molecule has 0 aromatic heterocycles. The van der Waals surface area contributed by atoms with Crippen molar-refractivity contribution in [2.75, 3.05) is 13.2 Å². The maximum atomic E-state index is 11.7. The van der Waals surface area contributed by atoms with Gasteiger partial charge in [0.15, 0.2) is 6.61 Å². The highest BCUT2D eigenvalue weighted by molar-refractivity contribution is 5.77. The molecule has 0 aliphatic heterocycles. The lowest BCUT2D eigenvalue weighted by atomic mass is 10.1. The maximum absolute atomic E-state index is 11.7. The number of carboxylic acid groups (broad SMARTS) is 1. The summed E-state index contributed by atoms with van der Waals surface area (Å²) in [5.74, 6) is -0.199. The molecule has 0 saturated heterocycles. The molecule has 0 saturated carbocycles. The largest absolute Gasteiger partial charge is 0.484 e. The van der Waals surface area contributed by atoms with Gasteiger partial charge in [-0.25, -0.2) is 0 Å². The number of rotatable bonds is 8. The summed E-state index contributed by atoms with van der Waals surface area (Å²) in [5.41, 5.74) is 2.18. The summed E-state index contributed by atoms with van der Waals surface area (Å²) in [6.07, 6.45) is 0.670. The molecule has 2 N–H and O–H groups in total. The number of carboxylic acids is 1. The van der Waals surface area contributed by atoms with Gasteiger partial charge in [-0.15, -0.1) is 0 Å². The summed E-state index contributed by atoms with van der Waals surface area (Å²) < 4.78 is 5.45. The first-order valence-corrected chi connectivity index (χ1v) is 7.06. The zero-order valence-electron chi connectivity index (χ0n) is 12.8. The quantitative estimate of drug-likeness (QED) is 0.771. The highest BCUT2D eigenvalue weighted by Crippen LogP contribution is 2.15. The smallest absolute Gasteiger partial charge is 0.303 e. The van der Waals surface area contributed by atoms with Gasteiger partial charge in [0, 0.05) is 13.0 Å². The van der Waals surface area contributed by atoms with E-state index in [0.29, 0.717) is 18.7 Å². The molecule has 5 heteroatoms. The molecule has 5 nitrogen and oxygen atoms in total. The molecule has 1 unspecified atom stereocenters. The molecule has 0 spiro atoms. The molecular formula is C16H23NO4. The van der Waals surface area contributed by atoms with Gasteiger partial charge in [-0.1, -0.05) is 13.0 Å². The second-order valence-electron chi connectivity index (χ2n) is 5.45. The summed E-state index contributed by atoms with van der Waals surface area (Å²) in [4.78, 5) is 22.1. The number of aliphatic carboxylic acids is 1. The van der Waals surface area contributed by atoms with E-state index in [4.69, 9.17) is 9.84 Å². The SMILES string of the molecule is Cc1cc(C)cc(OCC(=O)NCC(C)CCC(=O)O)c1. The van der Waals surface area contributed by atoms with E-state index >= 15 is 0 Å². The third-order valence-corrected chi connectivity index (χ3v) is 3.06. The number of amides is 1. The molecule has 0 aliphatic carbocycles. The van der Waals surface area contributed by atoms with Crippen molar-refractivity contribution in [2.45, 2.75) is 33.6 Å². The van der Waals surface area contributed by atoms with Crippen molar-refractivity contribution < 1.29 is 19.4 Å². The van der Waals surface area contributed by atoms with Crippen LogP contribution in [0.3, 0.4) is 0 Å². The number of hydrogen-bond acceptors (Lipinski definition) is 3. The predicted octanol–water partition coefficient (Wildman–Crippen LogP) is 2.30. The van der Waals surface area contributed by atoms with Crippen LogP contribution in [0, 0.1) is 19.8 Å². The predicted molar refractivity (Wildman–Crippen MR) is 80.5 cm³/mol. The lowest BCUT2D eigenvalue weighted by molar-refractivity contribution is -0.137. The minimum atomic E-state index is -0.814. The van der Waals surface area contributed by atoms with E-state index in [9.17, 15) is 9.59 Å². The number of hydrogen-bond donors (Lipinski definition) is 2. The van der Waals surface area contributed by atoms with Gasteiger partial charge in [0.05, 0.1) is 0 Å². The molecule has 1 rings (SSSR count). The first-order chi connectivity index (χ1) is 9.86. The fraction of sp³-hybridized carbons (Fsp3) is 0.500. The molecule has 1 amide bonds. The van der Waals surface area contributed by atoms with E-state index in [2.05, 4.69) is 5.32 Å². The Labute approximate surface area is 125 Å². The second kappa shape index (κ2) is 8.29. The summed E-state index contributed by atoms with van der Waals surface area (Å²) in [7, 11) is 0. The van der Waals surface area contributed by atoms with Crippen LogP contribution in [0.5, 0.6) is 5.75 Å². The average molecular weight is 293 g/mol. The van der Waals surface area contributed by atoms with Crippen molar-refractivity contribution in [2.24, 2.45) is 5.92 Å². The summed E-state index contributed by atoms with van der Waals surface area (Å²) >= 11 is 0. The van der Waals surface area contributed by atoms with E-state index in [1.54, 1.807) is 0 Å². The van der Waals surface area contributed by atoms with Crippen LogP contribution in [0.15, 0.2) is 18.2 Å². The number of benzene rings is 1. The van der Waals surface area contributed by atoms with Crippen molar-refractivity contribution in [3.63, 3.8) is 0 Å². The first kappa shape index (κ1) is 17.0. The maximum Gasteiger partial charge on any atom is 0.303 e. The third-order valence-electron chi connectivity index (χ3n) is 3.06. The van der Waals surface area contributed by atoms with Crippen LogP contribution in [0.25, 0.3) is 0 Å². The Bertz CT molecular complexity index is 479. The van der Waals surface area contributed by atoms with Crippen LogP contribution in [0.1, 0.15) is 30.9 Å². The van der Waals surface area contributed by atoms with Crippen molar-refractivity contribution in [3.8, 4) is 5.75 Å². The summed E-state index contributed by atoms with van der Waals surface area (Å²) in [5, 5.41) is 11.3. The first-order valence-electron chi connectivity index (χ1n) is 7.06. The molecule has 1 aromatic carbocycles. The molecule has 0 fully saturated rings. The van der Waals surface area contributed by atoms with Crippen molar-refractivity contribution >= 4 is 11.9 Å². The van der Waals surface area contributed by atoms with Crippen LogP contribution in [0.4, 0.5) is 0 Å². The molecule has 1 atom stereocenters. The standard InChI is InChI=1S/C16H23NO4/c1-11(4-5-16(19)20)9-17-15(18)10-21-14-7-12(2)6-13(3)8-14/h6-8,11H,4-5,9-10H2,1-3H3,(H,17,18)(H,19,20). The topological polar surface area (TPSA) is 75.6 Å². The minimum Gasteiger partial charge on any atom is -0.484 e. The highest BCUT2D eigenvalue weighted by Gasteiger charge is 2.08. The molecule has 1 aromatic rings. The number of ether oxygens (including phenoxy) is 1. The van der Waals surface area contributed by atoms with E-state index in [0.717, 1.165) is 11.1 Å². The Morgan fingerprint density at radius 3 is 2.43 bits per heavy atom. The van der Waals surface area contributed by atoms with Crippen LogP contribution in [-0.2, 0) is 9.59 Å². The molecular weight excluding hydrogens is 270 g/mol. The molecule has 116 valence electrons. The number of carbonyl (C=O) groups excluding carboxylic acids is 1. The summed E-state index contributed by atoms with van der Waals surface area (Å²) in [6.45, 7) is 6.29. The Hall–Kier alpha value is -2.04. The number of nitrogens with one attached hydrogen (secondary N) is 1. The van der Waals surface area contributed by atoms with Gasteiger partial charge in [-0.05, 0) is 49.4 Å². The van der Waals surface area contributed by atoms with Crippen molar-refractivity contribution in [3.05, 3.63) is 29.3 Å². The van der Waals surface area contributed by atoms with Gasteiger partial charge in [-0.2, -0.15) is 0 Å². The molecule has 0 aliphatic rings. The Balaban J connectivity index is 2.29. The third kappa shape index (κ3) is 7.34. The van der Waals surface area contributed by atoms with Crippen LogP contribution in [0.2, 0.25) is 0 Å². The Morgan fingerprint density at radius 1 is 1.24 bits per heavy atom. The van der Waals surface area contributed by atoms with Crippen LogP contribution < -0.4 is 10.1 Å². The number of aryl methyl sites for hydroxylation is 2. The van der Waals surface area contributed by atoms with E-state index in [-0.39, 0.29) is 24.9 Å². The van der Waals surface area contributed by atoms with Gasteiger partial charge >= 0.3 is 5.97 Å². The fourth-order valence-corrected chi connectivity index (χ4v) is 1.98. The lowest BCUT2D eigenvalue weighted by Gasteiger charge is -2.12. The Morgan fingerprint density at radius 2 is 1.86 bits per heavy atom. The van der Waals surface area contributed by atoms with Gasteiger partial charge < -0.3 is 15.2 Å². The van der Waals surface area contributed by atoms with Crippen LogP contribution in [-0.4, -0.2) is 30.1 Å². The molecule has 0 heterocycles. The van der Waals surface area contributed by atoms with Gasteiger partial charge in [-0.3, -0.25) is 9.59 Å². The zero-order chi connectivity index (χ0) is 15.8. The van der Waals surface area contributed by atoms with Crippen LogP contribution >= 0.6 is 0 Å². The minimum absolute atomic E-state index is 0.0332. The summed E-state index contributed by atoms with van der Waals surface area (Å²) in [6, 6.07) is 5.81. The Kier molecular flexibility index (Phi) is 6.72. The van der Waals surface area contributed by atoms with E-state index in [1.165, 1.54) is 0 Å². The highest BCUT2D eigenvalue weighted by atomic mass is 16.5. The van der Waals surface area contributed by atoms with Gasteiger partial charge in [0.1, 0.15) is 5.75 Å². The van der Waals surface area contributed by atoms with Crippen molar-refractivity contribution in [1.29, 1.82) is 0 Å². The van der Waals surface area contributed by atoms with Gasteiger partial charge in [0.2, 0.25) is 0 Å².